The first kappa shape index (κ1) is 15.9. The number of aromatic nitrogens is 1. The van der Waals surface area contributed by atoms with Crippen LogP contribution in [0.5, 0.6) is 5.75 Å². The van der Waals surface area contributed by atoms with Gasteiger partial charge >= 0.3 is 5.97 Å². The third-order valence-corrected chi connectivity index (χ3v) is 3.79. The van der Waals surface area contributed by atoms with Crippen molar-refractivity contribution in [2.24, 2.45) is 0 Å². The van der Waals surface area contributed by atoms with Crippen LogP contribution < -0.4 is 4.74 Å². The van der Waals surface area contributed by atoms with E-state index >= 15 is 0 Å². The molecule has 1 N–H and O–H groups in total. The van der Waals surface area contributed by atoms with E-state index in [0.29, 0.717) is 6.61 Å². The summed E-state index contributed by atoms with van der Waals surface area (Å²) in [5, 5.41) is 1.02. The Bertz CT molecular complexity index is 878. The maximum atomic E-state index is 12.1. The van der Waals surface area contributed by atoms with Crippen molar-refractivity contribution in [1.82, 2.24) is 4.98 Å². The monoisotopic (exact) mass is 321 g/mol. The van der Waals surface area contributed by atoms with Gasteiger partial charge < -0.3 is 14.5 Å². The van der Waals surface area contributed by atoms with E-state index < -0.39 is 0 Å². The Balaban J connectivity index is 2.23. The summed E-state index contributed by atoms with van der Waals surface area (Å²) in [6.07, 6.45) is 3.41. The maximum Gasteiger partial charge on any atom is 0.331 e. The van der Waals surface area contributed by atoms with E-state index in [1.165, 1.54) is 6.08 Å². The van der Waals surface area contributed by atoms with Gasteiger partial charge in [0.05, 0.1) is 19.2 Å². The molecule has 0 saturated heterocycles. The van der Waals surface area contributed by atoms with Crippen molar-refractivity contribution in [3.05, 3.63) is 71.9 Å². The molecule has 0 bridgehead atoms. The van der Waals surface area contributed by atoms with Gasteiger partial charge in [0.25, 0.3) is 0 Å². The number of H-pyrrole nitrogens is 1. The fourth-order valence-corrected chi connectivity index (χ4v) is 2.71. The van der Waals surface area contributed by atoms with Gasteiger partial charge in [-0.15, -0.1) is 0 Å². The van der Waals surface area contributed by atoms with Gasteiger partial charge in [0.2, 0.25) is 0 Å². The number of aromatic amines is 1. The number of rotatable bonds is 5. The second kappa shape index (κ2) is 7.04. The number of hydrogen-bond donors (Lipinski definition) is 1. The number of fused-ring (bicyclic) bond motifs is 1. The predicted octanol–water partition coefficient (Wildman–Crippen LogP) is 4.17. The Morgan fingerprint density at radius 3 is 2.67 bits per heavy atom. The summed E-state index contributed by atoms with van der Waals surface area (Å²) in [6.45, 7) is 2.13. The summed E-state index contributed by atoms with van der Waals surface area (Å²) in [7, 11) is 1.63. The van der Waals surface area contributed by atoms with Crippen molar-refractivity contribution in [3.63, 3.8) is 0 Å². The molecule has 1 aromatic heterocycles. The molecule has 0 radical (unpaired) electrons. The minimum atomic E-state index is -0.362. The molecule has 0 spiro atoms. The molecule has 0 amide bonds. The van der Waals surface area contributed by atoms with E-state index in [0.717, 1.165) is 33.4 Å². The van der Waals surface area contributed by atoms with E-state index in [1.54, 1.807) is 14.0 Å². The second-order valence-electron chi connectivity index (χ2n) is 5.29. The number of hydrogen-bond acceptors (Lipinski definition) is 3. The van der Waals surface area contributed by atoms with Gasteiger partial charge in [0.15, 0.2) is 0 Å². The van der Waals surface area contributed by atoms with Crippen LogP contribution in [0.2, 0.25) is 0 Å². The van der Waals surface area contributed by atoms with Crippen molar-refractivity contribution < 1.29 is 14.3 Å². The molecular weight excluding hydrogens is 302 g/mol. The molecule has 2 aromatic carbocycles. The Morgan fingerprint density at radius 2 is 1.96 bits per heavy atom. The molecule has 0 saturated carbocycles. The molecule has 0 aliphatic carbocycles. The molecule has 1 heterocycles. The molecule has 0 fully saturated rings. The smallest absolute Gasteiger partial charge is 0.331 e. The molecule has 3 rings (SSSR count). The van der Waals surface area contributed by atoms with Gasteiger partial charge in [-0.1, -0.05) is 30.3 Å². The Labute approximate surface area is 140 Å². The summed E-state index contributed by atoms with van der Waals surface area (Å²) < 4.78 is 10.5. The average molecular weight is 321 g/mol. The quantitative estimate of drug-likeness (QED) is 0.567. The van der Waals surface area contributed by atoms with Crippen molar-refractivity contribution in [1.29, 1.82) is 0 Å². The van der Waals surface area contributed by atoms with E-state index in [1.807, 2.05) is 54.7 Å². The highest BCUT2D eigenvalue weighted by Crippen LogP contribution is 2.33. The maximum absolute atomic E-state index is 12.1. The molecular formula is C20H19NO3. The fraction of sp³-hybridized carbons (Fsp3) is 0.150. The zero-order chi connectivity index (χ0) is 16.9. The Morgan fingerprint density at radius 1 is 1.17 bits per heavy atom. The van der Waals surface area contributed by atoms with Crippen LogP contribution in [0, 0.1) is 0 Å². The van der Waals surface area contributed by atoms with E-state index in [-0.39, 0.29) is 5.97 Å². The zero-order valence-electron chi connectivity index (χ0n) is 13.7. The molecule has 122 valence electrons. The molecule has 24 heavy (non-hydrogen) atoms. The number of carbonyl (C=O) groups excluding carboxylic acids is 1. The lowest BCUT2D eigenvalue weighted by atomic mass is 9.95. The second-order valence-corrected chi connectivity index (χ2v) is 5.29. The first-order valence-electron chi connectivity index (χ1n) is 7.82. The molecule has 0 atom stereocenters. The molecule has 0 aliphatic heterocycles. The average Bonchev–Trinajstić information content (AvgIpc) is 3.08. The number of methoxy groups -OCH3 is 1. The van der Waals surface area contributed by atoms with Gasteiger partial charge in [-0.3, -0.25) is 0 Å². The van der Waals surface area contributed by atoms with Crippen molar-refractivity contribution >= 4 is 22.4 Å². The molecule has 3 aromatic rings. The van der Waals surface area contributed by atoms with Crippen LogP contribution in [0.3, 0.4) is 0 Å². The molecule has 0 aliphatic rings. The normalized spacial score (nSPS) is 11.5. The summed E-state index contributed by atoms with van der Waals surface area (Å²) >= 11 is 0. The highest BCUT2D eigenvalue weighted by Gasteiger charge is 2.14. The number of carbonyl (C=O) groups is 1. The van der Waals surface area contributed by atoms with Gasteiger partial charge in [0.1, 0.15) is 5.75 Å². The van der Waals surface area contributed by atoms with Crippen molar-refractivity contribution in [3.8, 4) is 5.75 Å². The summed E-state index contributed by atoms with van der Waals surface area (Å²) in [5.74, 6) is 0.377. The van der Waals surface area contributed by atoms with E-state index in [2.05, 4.69) is 4.98 Å². The van der Waals surface area contributed by atoms with Crippen LogP contribution in [-0.2, 0) is 9.53 Å². The Hall–Kier alpha value is -3.01. The predicted molar refractivity (Wildman–Crippen MR) is 95.0 cm³/mol. The van der Waals surface area contributed by atoms with Gasteiger partial charge in [-0.2, -0.15) is 0 Å². The summed E-state index contributed by atoms with van der Waals surface area (Å²) in [5.41, 5.74) is 3.58. The number of nitrogens with one attached hydrogen (secondary N) is 1. The SMILES string of the molecule is CCOC(=O)C=C(c1ccccc1)c1cc(OC)cc2cc[nH]c12. The van der Waals surface area contributed by atoms with Crippen LogP contribution in [0.25, 0.3) is 16.5 Å². The fourth-order valence-electron chi connectivity index (χ4n) is 2.71. The van der Waals surface area contributed by atoms with Gasteiger partial charge in [-0.25, -0.2) is 4.79 Å². The van der Waals surface area contributed by atoms with Crippen LogP contribution in [-0.4, -0.2) is 24.7 Å². The summed E-state index contributed by atoms with van der Waals surface area (Å²) in [4.78, 5) is 15.3. The van der Waals surface area contributed by atoms with Crippen LogP contribution in [0.1, 0.15) is 18.1 Å². The largest absolute Gasteiger partial charge is 0.497 e. The lowest BCUT2D eigenvalue weighted by Crippen LogP contribution is -2.02. The lowest BCUT2D eigenvalue weighted by Gasteiger charge is -2.12. The van der Waals surface area contributed by atoms with Gasteiger partial charge in [-0.05, 0) is 36.3 Å². The number of esters is 1. The van der Waals surface area contributed by atoms with E-state index in [4.69, 9.17) is 9.47 Å². The summed E-state index contributed by atoms with van der Waals surface area (Å²) in [6, 6.07) is 15.6. The topological polar surface area (TPSA) is 51.3 Å². The molecule has 0 unspecified atom stereocenters. The minimum Gasteiger partial charge on any atom is -0.497 e. The first-order chi connectivity index (χ1) is 11.7. The van der Waals surface area contributed by atoms with Crippen molar-refractivity contribution in [2.75, 3.05) is 13.7 Å². The number of ether oxygens (including phenoxy) is 2. The third kappa shape index (κ3) is 3.18. The van der Waals surface area contributed by atoms with Gasteiger partial charge in [0, 0.05) is 23.2 Å². The van der Waals surface area contributed by atoms with Crippen LogP contribution in [0.15, 0.2) is 60.8 Å². The Kier molecular flexibility index (Phi) is 4.66. The first-order valence-corrected chi connectivity index (χ1v) is 7.82. The van der Waals surface area contributed by atoms with E-state index in [9.17, 15) is 4.79 Å². The highest BCUT2D eigenvalue weighted by atomic mass is 16.5. The molecule has 4 nitrogen and oxygen atoms in total. The highest BCUT2D eigenvalue weighted by molar-refractivity contribution is 6.03. The van der Waals surface area contributed by atoms with Crippen LogP contribution >= 0.6 is 0 Å². The molecule has 4 heteroatoms. The number of benzene rings is 2. The lowest BCUT2D eigenvalue weighted by molar-refractivity contribution is -0.137. The standard InChI is InChI=1S/C20H19NO3/c1-3-24-19(22)13-17(14-7-5-4-6-8-14)18-12-16(23-2)11-15-9-10-21-20(15)18/h4-13,21H,3H2,1-2H3. The minimum absolute atomic E-state index is 0.341. The zero-order valence-corrected chi connectivity index (χ0v) is 13.7. The third-order valence-electron chi connectivity index (χ3n) is 3.79. The van der Waals surface area contributed by atoms with Crippen LogP contribution in [0.4, 0.5) is 0 Å². The van der Waals surface area contributed by atoms with Crippen molar-refractivity contribution in [2.45, 2.75) is 6.92 Å².